The zero-order valence-corrected chi connectivity index (χ0v) is 18.1. The zero-order chi connectivity index (χ0) is 20.4. The number of ether oxygens (including phenoxy) is 1. The average molecular weight is 409 g/mol. The summed E-state index contributed by atoms with van der Waals surface area (Å²) in [4.78, 5) is 2.49. The lowest BCUT2D eigenvalue weighted by Gasteiger charge is -2.24. The fourth-order valence-corrected chi connectivity index (χ4v) is 4.53. The number of aromatic nitrogens is 3. The van der Waals surface area contributed by atoms with Crippen LogP contribution < -0.4 is 4.74 Å². The van der Waals surface area contributed by atoms with Crippen molar-refractivity contribution in [1.82, 2.24) is 19.2 Å². The standard InChI is InChI=1S/C23H28N4OS/c1-17(2)27-22(19-11-13-20(28-3)14-12-19)24-26(23(27)29)16-25-15-7-10-21(25)18-8-5-4-6-9-18/h4-6,8-9,11-14,17,21H,7,10,15-16H2,1-3H3/t21-/m0/s1. The van der Waals surface area contributed by atoms with E-state index < -0.39 is 0 Å². The quantitative estimate of drug-likeness (QED) is 0.507. The predicted octanol–water partition coefficient (Wildman–Crippen LogP) is 5.47. The van der Waals surface area contributed by atoms with Crippen LogP contribution in [0, 0.1) is 4.77 Å². The number of methoxy groups -OCH3 is 1. The van der Waals surface area contributed by atoms with Crippen LogP contribution >= 0.6 is 12.2 Å². The number of nitrogens with zero attached hydrogens (tertiary/aromatic N) is 4. The van der Waals surface area contributed by atoms with Crippen molar-refractivity contribution in [3.8, 4) is 17.1 Å². The second kappa shape index (κ2) is 8.51. The van der Waals surface area contributed by atoms with Crippen molar-refractivity contribution in [3.05, 3.63) is 64.9 Å². The third kappa shape index (κ3) is 4.00. The van der Waals surface area contributed by atoms with Gasteiger partial charge in [0.1, 0.15) is 5.75 Å². The molecule has 1 aliphatic heterocycles. The third-order valence-corrected chi connectivity index (χ3v) is 6.01. The van der Waals surface area contributed by atoms with Crippen molar-refractivity contribution in [3.63, 3.8) is 0 Å². The molecule has 1 aliphatic rings. The first-order valence-electron chi connectivity index (χ1n) is 10.2. The summed E-state index contributed by atoms with van der Waals surface area (Å²) < 4.78 is 10.2. The normalized spacial score (nSPS) is 17.2. The highest BCUT2D eigenvalue weighted by molar-refractivity contribution is 7.71. The predicted molar refractivity (Wildman–Crippen MR) is 119 cm³/mol. The summed E-state index contributed by atoms with van der Waals surface area (Å²) in [5, 5.41) is 4.94. The van der Waals surface area contributed by atoms with Gasteiger partial charge in [0.15, 0.2) is 10.6 Å². The molecule has 29 heavy (non-hydrogen) atoms. The summed E-state index contributed by atoms with van der Waals surface area (Å²) in [6.07, 6.45) is 2.37. The fourth-order valence-electron chi connectivity index (χ4n) is 4.13. The van der Waals surface area contributed by atoms with Crippen LogP contribution in [0.4, 0.5) is 0 Å². The van der Waals surface area contributed by atoms with Crippen LogP contribution in [-0.2, 0) is 6.67 Å². The molecule has 6 heteroatoms. The van der Waals surface area contributed by atoms with E-state index in [2.05, 4.69) is 53.6 Å². The van der Waals surface area contributed by atoms with E-state index >= 15 is 0 Å². The lowest BCUT2D eigenvalue weighted by atomic mass is 10.1. The van der Waals surface area contributed by atoms with E-state index in [0.29, 0.717) is 12.7 Å². The Kier molecular flexibility index (Phi) is 5.83. The third-order valence-electron chi connectivity index (χ3n) is 5.60. The van der Waals surface area contributed by atoms with Gasteiger partial charge in [-0.15, -0.1) is 0 Å². The van der Waals surface area contributed by atoms with Crippen LogP contribution in [-0.4, -0.2) is 32.9 Å². The van der Waals surface area contributed by atoms with E-state index in [1.807, 2.05) is 28.9 Å². The lowest BCUT2D eigenvalue weighted by Crippen LogP contribution is -2.27. The van der Waals surface area contributed by atoms with E-state index in [1.165, 1.54) is 18.4 Å². The molecule has 5 nitrogen and oxygen atoms in total. The van der Waals surface area contributed by atoms with Gasteiger partial charge in [0.05, 0.1) is 13.8 Å². The van der Waals surface area contributed by atoms with Crippen molar-refractivity contribution in [1.29, 1.82) is 0 Å². The summed E-state index contributed by atoms with van der Waals surface area (Å²) in [6.45, 7) is 6.07. The maximum Gasteiger partial charge on any atom is 0.199 e. The van der Waals surface area contributed by atoms with Crippen molar-refractivity contribution >= 4 is 12.2 Å². The van der Waals surface area contributed by atoms with E-state index in [0.717, 1.165) is 28.5 Å². The van der Waals surface area contributed by atoms with Crippen molar-refractivity contribution in [2.45, 2.75) is 45.4 Å². The Balaban J connectivity index is 1.66. The molecular weight excluding hydrogens is 380 g/mol. The second-order valence-electron chi connectivity index (χ2n) is 7.82. The minimum absolute atomic E-state index is 0.233. The molecule has 0 N–H and O–H groups in total. The minimum Gasteiger partial charge on any atom is -0.497 e. The molecule has 3 aromatic rings. The molecule has 0 radical (unpaired) electrons. The van der Waals surface area contributed by atoms with Crippen LogP contribution in [0.1, 0.15) is 44.3 Å². The molecule has 0 aliphatic carbocycles. The molecule has 0 spiro atoms. The van der Waals surface area contributed by atoms with Gasteiger partial charge in [-0.25, -0.2) is 4.68 Å². The summed E-state index contributed by atoms with van der Waals surface area (Å²) in [5.41, 5.74) is 2.42. The van der Waals surface area contributed by atoms with Crippen LogP contribution in [0.15, 0.2) is 54.6 Å². The van der Waals surface area contributed by atoms with Gasteiger partial charge in [-0.2, -0.15) is 5.10 Å². The molecule has 0 bridgehead atoms. The molecule has 1 aromatic heterocycles. The molecule has 0 saturated carbocycles. The molecule has 1 atom stereocenters. The first-order valence-corrected chi connectivity index (χ1v) is 10.6. The number of benzene rings is 2. The minimum atomic E-state index is 0.233. The molecule has 1 saturated heterocycles. The highest BCUT2D eigenvalue weighted by Gasteiger charge is 2.27. The Bertz CT molecular complexity index is 1010. The van der Waals surface area contributed by atoms with E-state index in [4.69, 9.17) is 22.1 Å². The van der Waals surface area contributed by atoms with Gasteiger partial charge < -0.3 is 4.74 Å². The second-order valence-corrected chi connectivity index (χ2v) is 8.19. The van der Waals surface area contributed by atoms with Crippen molar-refractivity contribution < 1.29 is 4.74 Å². The highest BCUT2D eigenvalue weighted by atomic mass is 32.1. The van der Waals surface area contributed by atoms with Crippen molar-refractivity contribution in [2.24, 2.45) is 0 Å². The van der Waals surface area contributed by atoms with Crippen LogP contribution in [0.3, 0.4) is 0 Å². The topological polar surface area (TPSA) is 35.2 Å². The van der Waals surface area contributed by atoms with E-state index in [1.54, 1.807) is 7.11 Å². The average Bonchev–Trinajstić information content (AvgIpc) is 3.34. The van der Waals surface area contributed by atoms with Crippen LogP contribution in [0.2, 0.25) is 0 Å². The Morgan fingerprint density at radius 2 is 1.83 bits per heavy atom. The molecule has 0 unspecified atom stereocenters. The number of likely N-dealkylation sites (tertiary alicyclic amines) is 1. The van der Waals surface area contributed by atoms with Gasteiger partial charge in [0, 0.05) is 24.2 Å². The van der Waals surface area contributed by atoms with Gasteiger partial charge in [0.25, 0.3) is 0 Å². The molecule has 152 valence electrons. The number of hydrogen-bond donors (Lipinski definition) is 0. The summed E-state index contributed by atoms with van der Waals surface area (Å²) in [6, 6.07) is 19.4. The van der Waals surface area contributed by atoms with Gasteiger partial charge in [-0.1, -0.05) is 30.3 Å². The molecule has 0 amide bonds. The smallest absolute Gasteiger partial charge is 0.199 e. The molecule has 2 aromatic carbocycles. The Morgan fingerprint density at radius 3 is 2.48 bits per heavy atom. The maximum absolute atomic E-state index is 5.84. The lowest BCUT2D eigenvalue weighted by molar-refractivity contribution is 0.189. The monoisotopic (exact) mass is 408 g/mol. The Labute approximate surface area is 177 Å². The number of hydrogen-bond acceptors (Lipinski definition) is 4. The van der Waals surface area contributed by atoms with E-state index in [9.17, 15) is 0 Å². The molecule has 4 rings (SSSR count). The van der Waals surface area contributed by atoms with E-state index in [-0.39, 0.29) is 6.04 Å². The van der Waals surface area contributed by atoms with Gasteiger partial charge in [-0.05, 0) is 68.7 Å². The molecule has 2 heterocycles. The fraction of sp³-hybridized carbons (Fsp3) is 0.391. The van der Waals surface area contributed by atoms with Crippen molar-refractivity contribution in [2.75, 3.05) is 13.7 Å². The maximum atomic E-state index is 5.84. The first-order chi connectivity index (χ1) is 14.1. The summed E-state index contributed by atoms with van der Waals surface area (Å²) in [7, 11) is 1.68. The van der Waals surface area contributed by atoms with Gasteiger partial charge in [-0.3, -0.25) is 9.47 Å². The van der Waals surface area contributed by atoms with Crippen LogP contribution in [0.25, 0.3) is 11.4 Å². The van der Waals surface area contributed by atoms with Crippen LogP contribution in [0.5, 0.6) is 5.75 Å². The summed E-state index contributed by atoms with van der Waals surface area (Å²) in [5.74, 6) is 1.74. The van der Waals surface area contributed by atoms with Gasteiger partial charge in [0.2, 0.25) is 0 Å². The largest absolute Gasteiger partial charge is 0.497 e. The molecular formula is C23H28N4OS. The summed E-state index contributed by atoms with van der Waals surface area (Å²) >= 11 is 5.84. The highest BCUT2D eigenvalue weighted by Crippen LogP contribution is 2.32. The zero-order valence-electron chi connectivity index (χ0n) is 17.3. The first kappa shape index (κ1) is 19.9. The Morgan fingerprint density at radius 1 is 1.10 bits per heavy atom. The molecule has 1 fully saturated rings. The number of rotatable bonds is 6. The SMILES string of the molecule is COc1ccc(-c2nn(CN3CCC[C@H]3c3ccccc3)c(=S)n2C(C)C)cc1. The van der Waals surface area contributed by atoms with Gasteiger partial charge >= 0.3 is 0 Å². The Hall–Kier alpha value is -2.44.